The molecule has 1 atom stereocenters. The van der Waals surface area contributed by atoms with Gasteiger partial charge >= 0.3 is 0 Å². The number of benzene rings is 1. The van der Waals surface area contributed by atoms with Gasteiger partial charge in [-0.1, -0.05) is 19.1 Å². The molecule has 3 nitrogen and oxygen atoms in total. The van der Waals surface area contributed by atoms with Gasteiger partial charge in [-0.15, -0.1) is 0 Å². The number of Topliss-reactive ketones (excluding diaryl/α,β-unsaturated/α-hetero) is 1. The van der Waals surface area contributed by atoms with Crippen LogP contribution in [0.1, 0.15) is 36.5 Å². The fourth-order valence-electron chi connectivity index (χ4n) is 1.80. The van der Waals surface area contributed by atoms with Crippen LogP contribution in [0.15, 0.2) is 24.3 Å². The van der Waals surface area contributed by atoms with Gasteiger partial charge in [0.2, 0.25) is 0 Å². The number of hydrogen-bond acceptors (Lipinski definition) is 3. The zero-order chi connectivity index (χ0) is 12.3. The maximum absolute atomic E-state index is 12.1. The van der Waals surface area contributed by atoms with E-state index in [0.717, 1.165) is 25.0 Å². The van der Waals surface area contributed by atoms with E-state index in [9.17, 15) is 4.79 Å². The summed E-state index contributed by atoms with van der Waals surface area (Å²) >= 11 is 0. The minimum Gasteiger partial charge on any atom is -0.490 e. The van der Waals surface area contributed by atoms with Crippen LogP contribution in [-0.2, 0) is 0 Å². The maximum Gasteiger partial charge on any atom is 0.167 e. The van der Waals surface area contributed by atoms with Crippen LogP contribution in [-0.4, -0.2) is 18.4 Å². The highest BCUT2D eigenvalue weighted by atomic mass is 16.5. The van der Waals surface area contributed by atoms with Gasteiger partial charge in [0.15, 0.2) is 5.78 Å². The van der Waals surface area contributed by atoms with E-state index >= 15 is 0 Å². The zero-order valence-corrected chi connectivity index (χ0v) is 10.2. The third-order valence-electron chi connectivity index (χ3n) is 3.09. The molecule has 1 aliphatic rings. The summed E-state index contributed by atoms with van der Waals surface area (Å²) in [6, 6.07) is 7.44. The number of nitrogens with two attached hydrogens (primary N) is 1. The summed E-state index contributed by atoms with van der Waals surface area (Å²) < 4.78 is 5.68. The Bertz CT molecular complexity index is 395. The van der Waals surface area contributed by atoms with Crippen molar-refractivity contribution >= 4 is 5.78 Å². The van der Waals surface area contributed by atoms with Crippen molar-refractivity contribution in [2.45, 2.75) is 32.3 Å². The highest BCUT2D eigenvalue weighted by Gasteiger charge is 2.24. The molecular weight excluding hydrogens is 214 g/mol. The minimum absolute atomic E-state index is 0.0776. The lowest BCUT2D eigenvalue weighted by atomic mass is 9.95. The monoisotopic (exact) mass is 233 g/mol. The van der Waals surface area contributed by atoms with Crippen LogP contribution in [0.4, 0.5) is 0 Å². The van der Waals surface area contributed by atoms with Gasteiger partial charge in [0.05, 0.1) is 6.10 Å². The predicted molar refractivity (Wildman–Crippen MR) is 67.3 cm³/mol. The standard InChI is InChI=1S/C14H19NO2/c1-2-10(9-15)14(16)11-4-3-5-13(8-11)17-12-6-7-12/h3-5,8,10,12H,2,6-7,9,15H2,1H3. The quantitative estimate of drug-likeness (QED) is 0.767. The fraction of sp³-hybridized carbons (Fsp3) is 0.500. The van der Waals surface area contributed by atoms with Gasteiger partial charge in [0, 0.05) is 18.0 Å². The second kappa shape index (κ2) is 5.32. The predicted octanol–water partition coefficient (Wildman–Crippen LogP) is 2.40. The summed E-state index contributed by atoms with van der Waals surface area (Å²) in [6.07, 6.45) is 3.39. The Morgan fingerprint density at radius 1 is 1.53 bits per heavy atom. The third kappa shape index (κ3) is 3.07. The summed E-state index contributed by atoms with van der Waals surface area (Å²) in [7, 11) is 0. The Hall–Kier alpha value is -1.35. The Kier molecular flexibility index (Phi) is 3.79. The largest absolute Gasteiger partial charge is 0.490 e. The first-order valence-electron chi connectivity index (χ1n) is 6.25. The fourth-order valence-corrected chi connectivity index (χ4v) is 1.80. The summed E-state index contributed by atoms with van der Waals surface area (Å²) in [6.45, 7) is 2.39. The minimum atomic E-state index is -0.0776. The first-order chi connectivity index (χ1) is 8.24. The molecule has 3 heteroatoms. The van der Waals surface area contributed by atoms with Gasteiger partial charge < -0.3 is 10.5 Å². The molecule has 1 aromatic rings. The number of carbonyl (C=O) groups excluding carboxylic acids is 1. The normalized spacial score (nSPS) is 16.6. The van der Waals surface area contributed by atoms with Crippen LogP contribution < -0.4 is 10.5 Å². The molecule has 0 aliphatic heterocycles. The van der Waals surface area contributed by atoms with Crippen LogP contribution >= 0.6 is 0 Å². The molecule has 1 aliphatic carbocycles. The molecule has 92 valence electrons. The number of ether oxygens (including phenoxy) is 1. The van der Waals surface area contributed by atoms with Crippen molar-refractivity contribution in [1.29, 1.82) is 0 Å². The Morgan fingerprint density at radius 3 is 2.88 bits per heavy atom. The maximum atomic E-state index is 12.1. The molecule has 0 heterocycles. The van der Waals surface area contributed by atoms with Gasteiger partial charge in [-0.05, 0) is 31.4 Å². The van der Waals surface area contributed by atoms with Gasteiger partial charge in [-0.2, -0.15) is 0 Å². The van der Waals surface area contributed by atoms with E-state index in [4.69, 9.17) is 10.5 Å². The van der Waals surface area contributed by atoms with E-state index in [-0.39, 0.29) is 11.7 Å². The van der Waals surface area contributed by atoms with Gasteiger partial charge in [0.1, 0.15) is 5.75 Å². The molecule has 0 aromatic heterocycles. The van der Waals surface area contributed by atoms with E-state index in [1.54, 1.807) is 0 Å². The Balaban J connectivity index is 2.10. The molecule has 0 bridgehead atoms. The van der Waals surface area contributed by atoms with Gasteiger partial charge in [0.25, 0.3) is 0 Å². The average molecular weight is 233 g/mol. The topological polar surface area (TPSA) is 52.3 Å². The second-order valence-electron chi connectivity index (χ2n) is 4.55. The lowest BCUT2D eigenvalue weighted by molar-refractivity contribution is 0.0921. The van der Waals surface area contributed by atoms with Crippen LogP contribution in [0.25, 0.3) is 0 Å². The van der Waals surface area contributed by atoms with E-state index in [0.29, 0.717) is 18.2 Å². The van der Waals surface area contributed by atoms with Crippen molar-refractivity contribution < 1.29 is 9.53 Å². The molecule has 0 radical (unpaired) electrons. The Morgan fingerprint density at radius 2 is 2.29 bits per heavy atom. The number of ketones is 1. The molecular formula is C14H19NO2. The van der Waals surface area contributed by atoms with E-state index in [1.165, 1.54) is 0 Å². The summed E-state index contributed by atoms with van der Waals surface area (Å²) in [5, 5.41) is 0. The summed E-state index contributed by atoms with van der Waals surface area (Å²) in [5.41, 5.74) is 6.31. The summed E-state index contributed by atoms with van der Waals surface area (Å²) in [4.78, 5) is 12.1. The first kappa shape index (κ1) is 12.1. The second-order valence-corrected chi connectivity index (χ2v) is 4.55. The van der Waals surface area contributed by atoms with Crippen LogP contribution in [0.5, 0.6) is 5.75 Å². The number of carbonyl (C=O) groups is 1. The van der Waals surface area contributed by atoms with Gasteiger partial charge in [-0.25, -0.2) is 0 Å². The zero-order valence-electron chi connectivity index (χ0n) is 10.2. The third-order valence-corrected chi connectivity index (χ3v) is 3.09. The molecule has 1 fully saturated rings. The van der Waals surface area contributed by atoms with Crippen molar-refractivity contribution in [3.8, 4) is 5.75 Å². The van der Waals surface area contributed by atoms with E-state index < -0.39 is 0 Å². The molecule has 0 saturated heterocycles. The smallest absolute Gasteiger partial charge is 0.167 e. The average Bonchev–Trinajstić information content (AvgIpc) is 3.15. The molecule has 2 rings (SSSR count). The van der Waals surface area contributed by atoms with Crippen molar-refractivity contribution in [2.75, 3.05) is 6.54 Å². The molecule has 0 spiro atoms. The van der Waals surface area contributed by atoms with Crippen LogP contribution in [0.2, 0.25) is 0 Å². The highest BCUT2D eigenvalue weighted by molar-refractivity contribution is 5.98. The van der Waals surface area contributed by atoms with Crippen molar-refractivity contribution in [1.82, 2.24) is 0 Å². The van der Waals surface area contributed by atoms with Crippen LogP contribution in [0.3, 0.4) is 0 Å². The summed E-state index contributed by atoms with van der Waals surface area (Å²) in [5.74, 6) is 0.840. The molecule has 0 amide bonds. The first-order valence-corrected chi connectivity index (χ1v) is 6.25. The molecule has 1 aromatic carbocycles. The SMILES string of the molecule is CCC(CN)C(=O)c1cccc(OC2CC2)c1. The molecule has 1 unspecified atom stereocenters. The van der Waals surface area contributed by atoms with Crippen molar-refractivity contribution in [3.63, 3.8) is 0 Å². The van der Waals surface area contributed by atoms with Crippen LogP contribution in [0, 0.1) is 5.92 Å². The Labute approximate surface area is 102 Å². The molecule has 2 N–H and O–H groups in total. The van der Waals surface area contributed by atoms with E-state index in [1.807, 2.05) is 31.2 Å². The van der Waals surface area contributed by atoms with Crippen molar-refractivity contribution in [3.05, 3.63) is 29.8 Å². The van der Waals surface area contributed by atoms with E-state index in [2.05, 4.69) is 0 Å². The molecule has 1 saturated carbocycles. The van der Waals surface area contributed by atoms with Crippen molar-refractivity contribution in [2.24, 2.45) is 11.7 Å². The number of rotatable bonds is 6. The lowest BCUT2D eigenvalue weighted by Gasteiger charge is -2.12. The number of hydrogen-bond donors (Lipinski definition) is 1. The highest BCUT2D eigenvalue weighted by Crippen LogP contribution is 2.27. The molecule has 17 heavy (non-hydrogen) atoms. The lowest BCUT2D eigenvalue weighted by Crippen LogP contribution is -2.23. The van der Waals surface area contributed by atoms with Gasteiger partial charge in [-0.3, -0.25) is 4.79 Å².